The second-order valence-corrected chi connectivity index (χ2v) is 7.51. The number of esters is 1. The minimum absolute atomic E-state index is 0.126. The first-order valence-electron chi connectivity index (χ1n) is 9.53. The van der Waals surface area contributed by atoms with Gasteiger partial charge in [-0.1, -0.05) is 45.4 Å². The summed E-state index contributed by atoms with van der Waals surface area (Å²) in [5.41, 5.74) is 0.504. The molecule has 0 unspecified atom stereocenters. The normalized spacial score (nSPS) is 20.8. The van der Waals surface area contributed by atoms with Crippen molar-refractivity contribution in [3.05, 3.63) is 5.57 Å². The quantitative estimate of drug-likeness (QED) is 0.518. The summed E-state index contributed by atoms with van der Waals surface area (Å²) in [4.78, 5) is 23.8. The van der Waals surface area contributed by atoms with E-state index >= 15 is 0 Å². The van der Waals surface area contributed by atoms with Crippen LogP contribution in [0.4, 0.5) is 0 Å². The maximum Gasteiger partial charge on any atom is 0.310 e. The lowest BCUT2D eigenvalue weighted by Gasteiger charge is -2.47. The van der Waals surface area contributed by atoms with Crippen molar-refractivity contribution in [2.45, 2.75) is 84.5 Å². The predicted molar refractivity (Wildman–Crippen MR) is 91.7 cm³/mol. The first-order valence-corrected chi connectivity index (χ1v) is 9.53. The Labute approximate surface area is 140 Å². The zero-order chi connectivity index (χ0) is 16.7. The van der Waals surface area contributed by atoms with Crippen LogP contribution >= 0.6 is 0 Å². The molecule has 2 saturated carbocycles. The molecule has 0 heterocycles. The van der Waals surface area contributed by atoms with E-state index in [1.165, 1.54) is 64.2 Å². The van der Waals surface area contributed by atoms with Gasteiger partial charge in [0.2, 0.25) is 0 Å². The monoisotopic (exact) mass is 320 g/mol. The van der Waals surface area contributed by atoms with Gasteiger partial charge in [0.25, 0.3) is 0 Å². The van der Waals surface area contributed by atoms with E-state index < -0.39 is 0 Å². The van der Waals surface area contributed by atoms with Gasteiger partial charge >= 0.3 is 5.97 Å². The highest BCUT2D eigenvalue weighted by atomic mass is 16.5. The Morgan fingerprint density at radius 1 is 1.00 bits per heavy atom. The van der Waals surface area contributed by atoms with Gasteiger partial charge in [-0.15, -0.1) is 0 Å². The first-order chi connectivity index (χ1) is 11.1. The van der Waals surface area contributed by atoms with Gasteiger partial charge in [0.15, 0.2) is 0 Å². The largest absolute Gasteiger partial charge is 0.466 e. The topological polar surface area (TPSA) is 43.4 Å². The molecule has 0 N–H and O–H groups in total. The Hall–Kier alpha value is -1.08. The van der Waals surface area contributed by atoms with Crippen LogP contribution < -0.4 is 0 Å². The van der Waals surface area contributed by atoms with Crippen molar-refractivity contribution in [2.24, 2.45) is 17.3 Å². The molecule has 23 heavy (non-hydrogen) atoms. The third kappa shape index (κ3) is 4.26. The van der Waals surface area contributed by atoms with E-state index in [0.717, 1.165) is 0 Å². The molecule has 2 aliphatic rings. The Morgan fingerprint density at radius 2 is 1.48 bits per heavy atom. The summed E-state index contributed by atoms with van der Waals surface area (Å²) in [5, 5.41) is 0. The van der Waals surface area contributed by atoms with Gasteiger partial charge in [-0.25, -0.2) is 4.79 Å². The highest BCUT2D eigenvalue weighted by Gasteiger charge is 2.45. The Balaban J connectivity index is 2.26. The lowest BCUT2D eigenvalue weighted by molar-refractivity contribution is -0.142. The number of carbonyl (C=O) groups is 1. The molecule has 0 spiro atoms. The van der Waals surface area contributed by atoms with Crippen LogP contribution in [0.1, 0.15) is 84.5 Å². The molecule has 0 aliphatic heterocycles. The number of ether oxygens (including phenoxy) is 1. The van der Waals surface area contributed by atoms with E-state index in [4.69, 9.17) is 4.74 Å². The van der Waals surface area contributed by atoms with Gasteiger partial charge in [-0.2, -0.15) is 0 Å². The lowest BCUT2D eigenvalue weighted by Crippen LogP contribution is -2.40. The second kappa shape index (κ2) is 8.68. The summed E-state index contributed by atoms with van der Waals surface area (Å²) in [7, 11) is 0. The summed E-state index contributed by atoms with van der Waals surface area (Å²) < 4.78 is 5.11. The molecule has 3 heteroatoms. The average molecular weight is 320 g/mol. The molecule has 2 fully saturated rings. The highest BCUT2D eigenvalue weighted by molar-refractivity contribution is 5.77. The maximum absolute atomic E-state index is 12.0. The van der Waals surface area contributed by atoms with Crippen molar-refractivity contribution < 1.29 is 14.3 Å². The van der Waals surface area contributed by atoms with Crippen molar-refractivity contribution in [2.75, 3.05) is 6.61 Å². The van der Waals surface area contributed by atoms with E-state index in [9.17, 15) is 9.59 Å². The Kier molecular flexibility index (Phi) is 6.89. The van der Waals surface area contributed by atoms with Crippen LogP contribution in [0.25, 0.3) is 0 Å². The van der Waals surface area contributed by atoms with Crippen LogP contribution in [-0.2, 0) is 14.3 Å². The lowest BCUT2D eigenvalue weighted by atomic mass is 9.56. The van der Waals surface area contributed by atoms with Gasteiger partial charge in [-0.3, -0.25) is 4.79 Å². The smallest absolute Gasteiger partial charge is 0.310 e. The second-order valence-electron chi connectivity index (χ2n) is 7.51. The van der Waals surface area contributed by atoms with Crippen molar-refractivity contribution in [3.63, 3.8) is 0 Å². The van der Waals surface area contributed by atoms with Crippen LogP contribution in [0.5, 0.6) is 0 Å². The Bertz CT molecular complexity index is 418. The van der Waals surface area contributed by atoms with Gasteiger partial charge in [-0.05, 0) is 44.4 Å². The first kappa shape index (κ1) is 18.3. The minimum Gasteiger partial charge on any atom is -0.466 e. The number of hydrogen-bond acceptors (Lipinski definition) is 3. The summed E-state index contributed by atoms with van der Waals surface area (Å²) in [6, 6.07) is 0. The fraction of sp³-hybridized carbons (Fsp3) is 0.850. The van der Waals surface area contributed by atoms with Crippen LogP contribution in [-0.4, -0.2) is 18.5 Å². The third-order valence-corrected chi connectivity index (χ3v) is 6.31. The van der Waals surface area contributed by atoms with Crippen molar-refractivity contribution in [3.8, 4) is 0 Å². The summed E-state index contributed by atoms with van der Waals surface area (Å²) in [5.74, 6) is 2.96. The molecule has 0 aromatic rings. The molecule has 130 valence electrons. The fourth-order valence-corrected chi connectivity index (χ4v) is 4.92. The van der Waals surface area contributed by atoms with Gasteiger partial charge in [0, 0.05) is 11.0 Å². The summed E-state index contributed by atoms with van der Waals surface area (Å²) >= 11 is 0. The van der Waals surface area contributed by atoms with Crippen LogP contribution in [0.15, 0.2) is 5.57 Å². The summed E-state index contributed by atoms with van der Waals surface area (Å²) in [6.07, 6.45) is 12.4. The minimum atomic E-state index is -0.274. The fourth-order valence-electron chi connectivity index (χ4n) is 4.92. The number of carbonyl (C=O) groups excluding carboxylic acids is 2. The van der Waals surface area contributed by atoms with E-state index in [0.29, 0.717) is 24.0 Å². The van der Waals surface area contributed by atoms with Crippen LogP contribution in [0, 0.1) is 17.3 Å². The molecule has 0 radical (unpaired) electrons. The predicted octanol–water partition coefficient (Wildman–Crippen LogP) is 4.86. The molecule has 0 saturated heterocycles. The van der Waals surface area contributed by atoms with E-state index in [1.54, 1.807) is 0 Å². The zero-order valence-corrected chi connectivity index (χ0v) is 14.9. The van der Waals surface area contributed by atoms with E-state index in [1.807, 2.05) is 6.92 Å². The van der Waals surface area contributed by atoms with Crippen molar-refractivity contribution in [1.29, 1.82) is 0 Å². The average Bonchev–Trinajstić information content (AvgIpc) is 2.61. The van der Waals surface area contributed by atoms with Gasteiger partial charge < -0.3 is 4.74 Å². The van der Waals surface area contributed by atoms with Crippen molar-refractivity contribution >= 4 is 11.9 Å². The molecule has 0 aromatic carbocycles. The van der Waals surface area contributed by atoms with Crippen LogP contribution in [0.3, 0.4) is 0 Å². The standard InChI is InChI=1S/C20H32O3/c1-3-23-19(22)14-18(15-21)20(2,16-10-6-4-7-11-16)17-12-8-5-9-13-17/h16-17H,3-14H2,1-2H3. The maximum atomic E-state index is 12.0. The molecular formula is C20H32O3. The van der Waals surface area contributed by atoms with E-state index in [-0.39, 0.29) is 17.8 Å². The Morgan fingerprint density at radius 3 is 1.87 bits per heavy atom. The number of rotatable bonds is 6. The molecule has 2 rings (SSSR count). The van der Waals surface area contributed by atoms with Crippen LogP contribution in [0.2, 0.25) is 0 Å². The van der Waals surface area contributed by atoms with Gasteiger partial charge in [0.1, 0.15) is 5.94 Å². The number of hydrogen-bond donors (Lipinski definition) is 0. The third-order valence-electron chi connectivity index (χ3n) is 6.31. The SMILES string of the molecule is CCOC(=O)CC(=C=O)C(C)(C1CCCCC1)C1CCCCC1. The molecule has 2 aliphatic carbocycles. The molecule has 0 bridgehead atoms. The van der Waals surface area contributed by atoms with Crippen molar-refractivity contribution in [1.82, 2.24) is 0 Å². The molecule has 0 atom stereocenters. The molecule has 0 aromatic heterocycles. The molecule has 0 amide bonds. The summed E-state index contributed by atoms with van der Waals surface area (Å²) in [6.45, 7) is 4.43. The van der Waals surface area contributed by atoms with E-state index in [2.05, 4.69) is 12.9 Å². The zero-order valence-electron chi connectivity index (χ0n) is 14.9. The van der Waals surface area contributed by atoms with Gasteiger partial charge in [0.05, 0.1) is 13.0 Å². The molecular weight excluding hydrogens is 288 g/mol. The highest BCUT2D eigenvalue weighted by Crippen LogP contribution is 2.53. The molecule has 3 nitrogen and oxygen atoms in total.